The van der Waals surface area contributed by atoms with Gasteiger partial charge in [0.15, 0.2) is 0 Å². The van der Waals surface area contributed by atoms with Gasteiger partial charge in [0, 0.05) is 6.61 Å². The van der Waals surface area contributed by atoms with Crippen LogP contribution in [0.1, 0.15) is 46.5 Å². The molecule has 0 bridgehead atoms. The van der Waals surface area contributed by atoms with E-state index < -0.39 is 0 Å². The van der Waals surface area contributed by atoms with Gasteiger partial charge in [-0.05, 0) is 39.3 Å². The van der Waals surface area contributed by atoms with Crippen molar-refractivity contribution in [2.45, 2.75) is 52.6 Å². The topological polar surface area (TPSA) is 21.3 Å². The molecule has 0 aromatic carbocycles. The van der Waals surface area contributed by atoms with Crippen LogP contribution in [-0.2, 0) is 4.74 Å². The van der Waals surface area contributed by atoms with Gasteiger partial charge in [0.05, 0.1) is 6.10 Å². The number of hydrogen-bond donors (Lipinski definition) is 1. The Hall–Kier alpha value is -0.0800. The SMILES string of the molecule is CCCNCCCOC(C)CCC. The van der Waals surface area contributed by atoms with Crippen LogP contribution in [0, 0.1) is 0 Å². The third-order valence-electron chi connectivity index (χ3n) is 2.02. The van der Waals surface area contributed by atoms with E-state index in [0.29, 0.717) is 6.10 Å². The first kappa shape index (κ1) is 12.9. The maximum Gasteiger partial charge on any atom is 0.0546 e. The number of rotatable bonds is 9. The van der Waals surface area contributed by atoms with Crippen LogP contribution >= 0.6 is 0 Å². The van der Waals surface area contributed by atoms with E-state index in [9.17, 15) is 0 Å². The molecule has 0 radical (unpaired) electrons. The Morgan fingerprint density at radius 3 is 2.54 bits per heavy atom. The van der Waals surface area contributed by atoms with Crippen molar-refractivity contribution in [1.82, 2.24) is 5.32 Å². The summed E-state index contributed by atoms with van der Waals surface area (Å²) in [7, 11) is 0. The van der Waals surface area contributed by atoms with E-state index in [-0.39, 0.29) is 0 Å². The minimum Gasteiger partial charge on any atom is -0.378 e. The first-order valence-electron chi connectivity index (χ1n) is 5.63. The lowest BCUT2D eigenvalue weighted by Gasteiger charge is -2.11. The second-order valence-electron chi connectivity index (χ2n) is 3.57. The van der Waals surface area contributed by atoms with E-state index in [4.69, 9.17) is 4.74 Å². The molecule has 0 aliphatic carbocycles. The van der Waals surface area contributed by atoms with Gasteiger partial charge in [0.2, 0.25) is 0 Å². The van der Waals surface area contributed by atoms with Gasteiger partial charge in [-0.1, -0.05) is 20.3 Å². The number of ether oxygens (including phenoxy) is 1. The van der Waals surface area contributed by atoms with Crippen LogP contribution in [0.25, 0.3) is 0 Å². The molecular formula is C11H25NO. The molecule has 0 aromatic heterocycles. The van der Waals surface area contributed by atoms with Gasteiger partial charge in [0.25, 0.3) is 0 Å². The van der Waals surface area contributed by atoms with Crippen LogP contribution in [0.2, 0.25) is 0 Å². The quantitative estimate of drug-likeness (QED) is 0.560. The van der Waals surface area contributed by atoms with Crippen molar-refractivity contribution in [2.75, 3.05) is 19.7 Å². The molecule has 0 aliphatic heterocycles. The summed E-state index contributed by atoms with van der Waals surface area (Å²) in [4.78, 5) is 0. The van der Waals surface area contributed by atoms with Gasteiger partial charge in [-0.2, -0.15) is 0 Å². The van der Waals surface area contributed by atoms with Crippen molar-refractivity contribution in [3.05, 3.63) is 0 Å². The lowest BCUT2D eigenvalue weighted by atomic mass is 10.2. The molecule has 0 fully saturated rings. The Balaban J connectivity index is 2.97. The predicted molar refractivity (Wildman–Crippen MR) is 58.1 cm³/mol. The highest BCUT2D eigenvalue weighted by Gasteiger charge is 1.98. The average molecular weight is 187 g/mol. The van der Waals surface area contributed by atoms with E-state index in [2.05, 4.69) is 26.1 Å². The highest BCUT2D eigenvalue weighted by molar-refractivity contribution is 4.50. The van der Waals surface area contributed by atoms with Gasteiger partial charge in [-0.3, -0.25) is 0 Å². The first-order chi connectivity index (χ1) is 6.31. The fraction of sp³-hybridized carbons (Fsp3) is 1.00. The third-order valence-corrected chi connectivity index (χ3v) is 2.02. The molecule has 0 saturated carbocycles. The molecule has 2 heteroatoms. The van der Waals surface area contributed by atoms with Crippen molar-refractivity contribution >= 4 is 0 Å². The minimum absolute atomic E-state index is 0.441. The number of hydrogen-bond acceptors (Lipinski definition) is 2. The zero-order valence-corrected chi connectivity index (χ0v) is 9.44. The van der Waals surface area contributed by atoms with Gasteiger partial charge < -0.3 is 10.1 Å². The van der Waals surface area contributed by atoms with E-state index in [1.165, 1.54) is 19.3 Å². The van der Waals surface area contributed by atoms with Gasteiger partial charge in [-0.25, -0.2) is 0 Å². The van der Waals surface area contributed by atoms with Crippen molar-refractivity contribution < 1.29 is 4.74 Å². The lowest BCUT2D eigenvalue weighted by molar-refractivity contribution is 0.0583. The second kappa shape index (κ2) is 10.0. The molecule has 0 amide bonds. The van der Waals surface area contributed by atoms with Crippen LogP contribution in [0.3, 0.4) is 0 Å². The molecule has 13 heavy (non-hydrogen) atoms. The normalized spacial score (nSPS) is 13.2. The molecule has 2 nitrogen and oxygen atoms in total. The number of nitrogens with one attached hydrogen (secondary N) is 1. The zero-order valence-electron chi connectivity index (χ0n) is 9.44. The highest BCUT2D eigenvalue weighted by atomic mass is 16.5. The van der Waals surface area contributed by atoms with Crippen LogP contribution in [-0.4, -0.2) is 25.8 Å². The Bertz CT molecular complexity index is 96.1. The molecule has 0 spiro atoms. The molecule has 1 atom stereocenters. The minimum atomic E-state index is 0.441. The first-order valence-corrected chi connectivity index (χ1v) is 5.63. The Morgan fingerprint density at radius 2 is 1.92 bits per heavy atom. The third kappa shape index (κ3) is 9.84. The van der Waals surface area contributed by atoms with E-state index in [1.54, 1.807) is 0 Å². The van der Waals surface area contributed by atoms with E-state index in [0.717, 1.165) is 26.1 Å². The summed E-state index contributed by atoms with van der Waals surface area (Å²) in [6.45, 7) is 9.66. The van der Waals surface area contributed by atoms with Crippen molar-refractivity contribution in [3.8, 4) is 0 Å². The fourth-order valence-corrected chi connectivity index (χ4v) is 1.27. The molecule has 0 aromatic rings. The largest absolute Gasteiger partial charge is 0.378 e. The predicted octanol–water partition coefficient (Wildman–Crippen LogP) is 2.58. The van der Waals surface area contributed by atoms with Crippen molar-refractivity contribution in [2.24, 2.45) is 0 Å². The maximum absolute atomic E-state index is 5.62. The summed E-state index contributed by atoms with van der Waals surface area (Å²) in [6, 6.07) is 0. The van der Waals surface area contributed by atoms with E-state index in [1.807, 2.05) is 0 Å². The monoisotopic (exact) mass is 187 g/mol. The molecule has 0 heterocycles. The molecular weight excluding hydrogens is 162 g/mol. The highest BCUT2D eigenvalue weighted by Crippen LogP contribution is 2.00. The van der Waals surface area contributed by atoms with Crippen LogP contribution in [0.4, 0.5) is 0 Å². The van der Waals surface area contributed by atoms with Gasteiger partial charge in [0.1, 0.15) is 0 Å². The smallest absolute Gasteiger partial charge is 0.0546 e. The average Bonchev–Trinajstić information content (AvgIpc) is 2.11. The maximum atomic E-state index is 5.62. The Kier molecular flexibility index (Phi) is 9.94. The molecule has 0 aliphatic rings. The van der Waals surface area contributed by atoms with Gasteiger partial charge >= 0.3 is 0 Å². The van der Waals surface area contributed by atoms with Crippen molar-refractivity contribution in [1.29, 1.82) is 0 Å². The van der Waals surface area contributed by atoms with Crippen molar-refractivity contribution in [3.63, 3.8) is 0 Å². The summed E-state index contributed by atoms with van der Waals surface area (Å²) < 4.78 is 5.62. The van der Waals surface area contributed by atoms with E-state index >= 15 is 0 Å². The summed E-state index contributed by atoms with van der Waals surface area (Å²) in [5, 5.41) is 3.36. The fourth-order valence-electron chi connectivity index (χ4n) is 1.27. The summed E-state index contributed by atoms with van der Waals surface area (Å²) in [5.74, 6) is 0. The van der Waals surface area contributed by atoms with Gasteiger partial charge in [-0.15, -0.1) is 0 Å². The second-order valence-corrected chi connectivity index (χ2v) is 3.57. The molecule has 0 saturated heterocycles. The summed E-state index contributed by atoms with van der Waals surface area (Å²) >= 11 is 0. The van der Waals surface area contributed by atoms with Crippen LogP contribution in [0.15, 0.2) is 0 Å². The summed E-state index contributed by atoms with van der Waals surface area (Å²) in [6.07, 6.45) is 5.19. The van der Waals surface area contributed by atoms with Crippen LogP contribution in [0.5, 0.6) is 0 Å². The molecule has 80 valence electrons. The lowest BCUT2D eigenvalue weighted by Crippen LogP contribution is -2.18. The Labute approximate surface area is 83.1 Å². The summed E-state index contributed by atoms with van der Waals surface area (Å²) in [5.41, 5.74) is 0. The zero-order chi connectivity index (χ0) is 9.94. The standard InChI is InChI=1S/C11H25NO/c1-4-7-11(3)13-10-6-9-12-8-5-2/h11-12H,4-10H2,1-3H3. The molecule has 0 rings (SSSR count). The molecule has 1 N–H and O–H groups in total. The van der Waals surface area contributed by atoms with Crippen LogP contribution < -0.4 is 5.32 Å². The Morgan fingerprint density at radius 1 is 1.15 bits per heavy atom. The molecule has 1 unspecified atom stereocenters.